The first-order valence-corrected chi connectivity index (χ1v) is 9.37. The number of piperidine rings is 1. The van der Waals surface area contributed by atoms with Crippen molar-refractivity contribution in [1.82, 2.24) is 0 Å². The lowest BCUT2D eigenvalue weighted by atomic mass is 9.94. The molecule has 2 aromatic rings. The summed E-state index contributed by atoms with van der Waals surface area (Å²) < 4.78 is 5.19. The number of carboxylic acid groups (broad SMARTS) is 1. The van der Waals surface area contributed by atoms with Crippen LogP contribution in [0.4, 0.5) is 11.4 Å². The van der Waals surface area contributed by atoms with Crippen LogP contribution in [-0.2, 0) is 4.79 Å². The Morgan fingerprint density at radius 3 is 2.41 bits per heavy atom. The van der Waals surface area contributed by atoms with Gasteiger partial charge in [-0.2, -0.15) is 0 Å². The van der Waals surface area contributed by atoms with E-state index in [1.54, 1.807) is 12.1 Å². The topological polar surface area (TPSA) is 95.9 Å². The Kier molecular flexibility index (Phi) is 6.21. The number of nitrogens with zero attached hydrogens (tertiary/aromatic N) is 1. The number of ether oxygens (including phenoxy) is 1. The number of esters is 1. The molecule has 0 aromatic heterocycles. The maximum Gasteiger partial charge on any atom is 0.337 e. The van der Waals surface area contributed by atoms with Crippen LogP contribution in [0.15, 0.2) is 36.4 Å². The molecule has 0 atom stereocenters. The number of carboxylic acids is 1. The van der Waals surface area contributed by atoms with Crippen LogP contribution in [0, 0.1) is 0 Å². The minimum absolute atomic E-state index is 0.0691. The zero-order valence-corrected chi connectivity index (χ0v) is 16.1. The number of aromatic carboxylic acids is 1. The van der Waals surface area contributed by atoms with E-state index < -0.39 is 17.8 Å². The molecule has 0 unspecified atom stereocenters. The zero-order valence-electron chi connectivity index (χ0n) is 16.1. The summed E-state index contributed by atoms with van der Waals surface area (Å²) in [5.74, 6) is -2.23. The number of amides is 1. The Balaban J connectivity index is 1.96. The predicted molar refractivity (Wildman–Crippen MR) is 111 cm³/mol. The van der Waals surface area contributed by atoms with E-state index >= 15 is 0 Å². The molecule has 1 saturated heterocycles. The van der Waals surface area contributed by atoms with Gasteiger partial charge in [-0.25, -0.2) is 4.79 Å². The summed E-state index contributed by atoms with van der Waals surface area (Å²) in [6.07, 6.45) is 3.31. The molecule has 29 heavy (non-hydrogen) atoms. The Labute approximate surface area is 170 Å². The van der Waals surface area contributed by atoms with Gasteiger partial charge in [0.2, 0.25) is 0 Å². The average Bonchev–Trinajstić information content (AvgIpc) is 2.68. The summed E-state index contributed by atoms with van der Waals surface area (Å²) in [5, 5.41) is 11.9. The minimum Gasteiger partial charge on any atom is -0.478 e. The van der Waals surface area contributed by atoms with Gasteiger partial charge >= 0.3 is 11.9 Å². The van der Waals surface area contributed by atoms with Gasteiger partial charge in [-0.15, -0.1) is 0 Å². The van der Waals surface area contributed by atoms with Crippen LogP contribution in [0.2, 0.25) is 0 Å². The van der Waals surface area contributed by atoms with Crippen molar-refractivity contribution >= 4 is 42.5 Å². The number of hydrogen-bond acceptors (Lipinski definition) is 5. The van der Waals surface area contributed by atoms with Gasteiger partial charge < -0.3 is 20.1 Å². The molecule has 1 heterocycles. The molecule has 0 bridgehead atoms. The molecule has 2 aromatic carbocycles. The second kappa shape index (κ2) is 8.81. The molecule has 0 saturated carbocycles. The first kappa shape index (κ1) is 20.4. The summed E-state index contributed by atoms with van der Waals surface area (Å²) in [4.78, 5) is 38.1. The quantitative estimate of drug-likeness (QED) is 0.461. The molecule has 2 N–H and O–H groups in total. The number of benzene rings is 2. The Morgan fingerprint density at radius 1 is 1.03 bits per heavy atom. The van der Waals surface area contributed by atoms with E-state index in [1.807, 2.05) is 6.07 Å². The molecule has 1 amide bonds. The third kappa shape index (κ3) is 4.96. The second-order valence-corrected chi connectivity index (χ2v) is 6.89. The lowest BCUT2D eigenvalue weighted by molar-refractivity contribution is -0.131. The van der Waals surface area contributed by atoms with E-state index in [0.29, 0.717) is 5.46 Å². The van der Waals surface area contributed by atoms with Gasteiger partial charge in [-0.3, -0.25) is 9.59 Å². The molecule has 0 spiro atoms. The highest BCUT2D eigenvalue weighted by Crippen LogP contribution is 2.28. The molecule has 1 fully saturated rings. The maximum atomic E-state index is 13.0. The summed E-state index contributed by atoms with van der Waals surface area (Å²) in [6.45, 7) is 3.01. The van der Waals surface area contributed by atoms with Crippen LogP contribution in [0.5, 0.6) is 5.75 Å². The molecule has 7 nitrogen and oxygen atoms in total. The van der Waals surface area contributed by atoms with Crippen LogP contribution in [0.3, 0.4) is 0 Å². The number of anilines is 2. The second-order valence-electron chi connectivity index (χ2n) is 6.89. The van der Waals surface area contributed by atoms with Crippen molar-refractivity contribution in [3.05, 3.63) is 47.5 Å². The van der Waals surface area contributed by atoms with Crippen LogP contribution < -0.4 is 20.4 Å². The van der Waals surface area contributed by atoms with Crippen molar-refractivity contribution in [2.75, 3.05) is 23.3 Å². The SMILES string of the molecule is [B]c1ccc(C(=O)O)c(NC(=O)c2cc(N3CCCCC3)ccc2OC(C)=O)c1. The Bertz CT molecular complexity index is 954. The highest BCUT2D eigenvalue weighted by Gasteiger charge is 2.20. The van der Waals surface area contributed by atoms with Crippen LogP contribution in [0.25, 0.3) is 0 Å². The zero-order chi connectivity index (χ0) is 21.0. The number of rotatable bonds is 5. The molecule has 148 valence electrons. The molecule has 3 rings (SSSR count). The van der Waals surface area contributed by atoms with Crippen molar-refractivity contribution in [2.24, 2.45) is 0 Å². The maximum absolute atomic E-state index is 13.0. The summed E-state index contributed by atoms with van der Waals surface area (Å²) in [7, 11) is 5.74. The fourth-order valence-electron chi connectivity index (χ4n) is 3.33. The largest absolute Gasteiger partial charge is 0.478 e. The van der Waals surface area contributed by atoms with Crippen molar-refractivity contribution < 1.29 is 24.2 Å². The Hall–Kier alpha value is -3.29. The normalized spacial score (nSPS) is 13.6. The van der Waals surface area contributed by atoms with E-state index in [0.717, 1.165) is 31.6 Å². The van der Waals surface area contributed by atoms with Gasteiger partial charge in [0.1, 0.15) is 13.6 Å². The van der Waals surface area contributed by atoms with Gasteiger partial charge in [0, 0.05) is 25.7 Å². The molecule has 2 radical (unpaired) electrons. The lowest BCUT2D eigenvalue weighted by Crippen LogP contribution is -2.29. The highest BCUT2D eigenvalue weighted by atomic mass is 16.5. The van der Waals surface area contributed by atoms with Gasteiger partial charge in [-0.05, 0) is 49.6 Å². The molecular formula is C21H21BN2O5. The van der Waals surface area contributed by atoms with E-state index in [1.165, 1.54) is 31.5 Å². The third-order valence-corrected chi connectivity index (χ3v) is 4.70. The summed E-state index contributed by atoms with van der Waals surface area (Å²) >= 11 is 0. The number of hydrogen-bond donors (Lipinski definition) is 2. The van der Waals surface area contributed by atoms with Crippen molar-refractivity contribution in [3.63, 3.8) is 0 Å². The van der Waals surface area contributed by atoms with Gasteiger partial charge in [0.25, 0.3) is 5.91 Å². The van der Waals surface area contributed by atoms with E-state index in [9.17, 15) is 19.5 Å². The summed E-state index contributed by atoms with van der Waals surface area (Å²) in [6, 6.07) is 9.19. The Morgan fingerprint density at radius 2 is 1.76 bits per heavy atom. The van der Waals surface area contributed by atoms with Crippen molar-refractivity contribution in [1.29, 1.82) is 0 Å². The van der Waals surface area contributed by atoms with Crippen LogP contribution in [0.1, 0.15) is 46.9 Å². The van der Waals surface area contributed by atoms with E-state index in [-0.39, 0.29) is 22.6 Å². The van der Waals surface area contributed by atoms with Crippen molar-refractivity contribution in [2.45, 2.75) is 26.2 Å². The highest BCUT2D eigenvalue weighted by molar-refractivity contribution is 6.33. The van der Waals surface area contributed by atoms with E-state index in [2.05, 4.69) is 10.2 Å². The van der Waals surface area contributed by atoms with Gasteiger partial charge in [0.05, 0.1) is 16.8 Å². The third-order valence-electron chi connectivity index (χ3n) is 4.70. The molecule has 1 aliphatic rings. The fourth-order valence-corrected chi connectivity index (χ4v) is 3.33. The average molecular weight is 392 g/mol. The standard InChI is InChI=1S/C21H21BN2O5/c1-13(25)29-19-8-6-15(24-9-3-2-4-10-24)12-17(19)20(26)23-18-11-14(22)5-7-16(18)21(27)28/h5-8,11-12H,2-4,9-10H2,1H3,(H,23,26)(H,27,28). The first-order chi connectivity index (χ1) is 13.8. The number of carbonyl (C=O) groups is 3. The van der Waals surface area contributed by atoms with Crippen molar-refractivity contribution in [3.8, 4) is 5.75 Å². The van der Waals surface area contributed by atoms with Gasteiger partial charge in [-0.1, -0.05) is 11.5 Å². The number of carbonyl (C=O) groups excluding carboxylic acids is 2. The van der Waals surface area contributed by atoms with Crippen LogP contribution in [-0.4, -0.2) is 43.9 Å². The lowest BCUT2D eigenvalue weighted by Gasteiger charge is -2.29. The number of nitrogens with one attached hydrogen (secondary N) is 1. The van der Waals surface area contributed by atoms with E-state index in [4.69, 9.17) is 12.6 Å². The first-order valence-electron chi connectivity index (χ1n) is 9.37. The summed E-state index contributed by atoms with van der Waals surface area (Å²) in [5.41, 5.74) is 1.28. The molecular weight excluding hydrogens is 371 g/mol. The molecule has 0 aliphatic carbocycles. The molecule has 8 heteroatoms. The fraction of sp³-hybridized carbons (Fsp3) is 0.286. The van der Waals surface area contributed by atoms with Crippen LogP contribution >= 0.6 is 0 Å². The smallest absolute Gasteiger partial charge is 0.337 e. The predicted octanol–water partition coefficient (Wildman–Crippen LogP) is 2.35. The van der Waals surface area contributed by atoms with Gasteiger partial charge in [0.15, 0.2) is 0 Å². The minimum atomic E-state index is -1.19. The monoisotopic (exact) mass is 392 g/mol. The molecule has 1 aliphatic heterocycles.